The molecule has 0 saturated carbocycles. The predicted molar refractivity (Wildman–Crippen MR) is 84.2 cm³/mol. The molecule has 0 unspecified atom stereocenters. The maximum absolute atomic E-state index is 12.0. The summed E-state index contributed by atoms with van der Waals surface area (Å²) in [7, 11) is 0. The van der Waals surface area contributed by atoms with E-state index in [0.29, 0.717) is 11.6 Å². The van der Waals surface area contributed by atoms with Gasteiger partial charge in [-0.15, -0.1) is 11.3 Å². The second-order valence-corrected chi connectivity index (χ2v) is 6.34. The number of hydrogen-bond donors (Lipinski definition) is 1. The zero-order valence-electron chi connectivity index (χ0n) is 12.1. The fraction of sp³-hybridized carbons (Fsp3) is 0.375. The van der Waals surface area contributed by atoms with E-state index >= 15 is 0 Å². The Morgan fingerprint density at radius 2 is 2.00 bits per heavy atom. The second-order valence-electron chi connectivity index (χ2n) is 5.49. The average Bonchev–Trinajstić information content (AvgIpc) is 2.89. The maximum atomic E-state index is 12.0. The molecule has 0 radical (unpaired) electrons. The topological polar surface area (TPSA) is 42.0 Å². The zero-order chi connectivity index (χ0) is 14.6. The van der Waals surface area contributed by atoms with Crippen molar-refractivity contribution in [2.24, 2.45) is 0 Å². The predicted octanol–water partition coefficient (Wildman–Crippen LogP) is 4.01. The number of carbonyl (C=O) groups excluding carboxylic acids is 1. The molecular weight excluding hydrogens is 268 g/mol. The first-order valence-corrected chi connectivity index (χ1v) is 7.69. The molecule has 0 fully saturated rings. The number of anilines is 1. The smallest absolute Gasteiger partial charge is 0.230 e. The van der Waals surface area contributed by atoms with Gasteiger partial charge in [0.1, 0.15) is 0 Å². The van der Waals surface area contributed by atoms with E-state index in [1.54, 1.807) is 0 Å². The molecular formula is C16H20N2OS. The number of thiazole rings is 1. The van der Waals surface area contributed by atoms with Crippen molar-refractivity contribution < 1.29 is 4.79 Å². The molecule has 1 N–H and O–H groups in total. The van der Waals surface area contributed by atoms with Crippen molar-refractivity contribution in [3.63, 3.8) is 0 Å². The molecule has 0 aliphatic rings. The molecule has 1 aromatic carbocycles. The lowest BCUT2D eigenvalue weighted by Gasteiger charge is -2.19. The number of amides is 1. The molecule has 1 aromatic heterocycles. The number of aromatic nitrogens is 1. The third-order valence-corrected chi connectivity index (χ3v) is 4.29. The Hall–Kier alpha value is -1.68. The first-order valence-electron chi connectivity index (χ1n) is 6.81. The van der Waals surface area contributed by atoms with Crippen LogP contribution in [-0.4, -0.2) is 10.9 Å². The number of hydrogen-bond acceptors (Lipinski definition) is 3. The quantitative estimate of drug-likeness (QED) is 0.903. The summed E-state index contributed by atoms with van der Waals surface area (Å²) < 4.78 is 0. The highest BCUT2D eigenvalue weighted by Gasteiger charge is 2.21. The van der Waals surface area contributed by atoms with Gasteiger partial charge in [-0.25, -0.2) is 4.98 Å². The molecule has 0 saturated heterocycles. The molecule has 20 heavy (non-hydrogen) atoms. The highest BCUT2D eigenvalue weighted by molar-refractivity contribution is 7.13. The molecule has 1 heterocycles. The van der Waals surface area contributed by atoms with E-state index in [1.807, 2.05) is 35.7 Å². The van der Waals surface area contributed by atoms with Crippen LogP contribution in [0.3, 0.4) is 0 Å². The van der Waals surface area contributed by atoms with Crippen molar-refractivity contribution in [2.45, 2.75) is 39.0 Å². The van der Waals surface area contributed by atoms with Gasteiger partial charge in [0.15, 0.2) is 5.13 Å². The Morgan fingerprint density at radius 3 is 2.65 bits per heavy atom. The number of rotatable bonds is 5. The van der Waals surface area contributed by atoms with Gasteiger partial charge in [-0.1, -0.05) is 51.1 Å². The molecule has 0 bridgehead atoms. The lowest BCUT2D eigenvalue weighted by atomic mass is 9.87. The number of carbonyl (C=O) groups is 1. The normalized spacial score (nSPS) is 11.3. The number of nitrogens with one attached hydrogen (secondary N) is 1. The fourth-order valence-electron chi connectivity index (χ4n) is 1.77. The van der Waals surface area contributed by atoms with Crippen LogP contribution < -0.4 is 5.32 Å². The van der Waals surface area contributed by atoms with Crippen LogP contribution in [0.1, 0.15) is 38.4 Å². The first-order chi connectivity index (χ1) is 9.51. The van der Waals surface area contributed by atoms with Crippen LogP contribution in [0.25, 0.3) is 0 Å². The van der Waals surface area contributed by atoms with Gasteiger partial charge in [0.2, 0.25) is 5.91 Å². The van der Waals surface area contributed by atoms with Gasteiger partial charge in [0.05, 0.1) is 12.1 Å². The summed E-state index contributed by atoms with van der Waals surface area (Å²) in [6.45, 7) is 6.47. The van der Waals surface area contributed by atoms with Crippen LogP contribution in [0.5, 0.6) is 0 Å². The molecule has 106 valence electrons. The van der Waals surface area contributed by atoms with Crippen LogP contribution in [0, 0.1) is 0 Å². The average molecular weight is 288 g/mol. The zero-order valence-corrected chi connectivity index (χ0v) is 13.0. The summed E-state index contributed by atoms with van der Waals surface area (Å²) in [5.74, 6) is -0.0218. The van der Waals surface area contributed by atoms with Gasteiger partial charge in [-0.3, -0.25) is 4.79 Å². The van der Waals surface area contributed by atoms with E-state index < -0.39 is 0 Å². The van der Waals surface area contributed by atoms with Gasteiger partial charge in [-0.05, 0) is 12.0 Å². The molecule has 1 amide bonds. The van der Waals surface area contributed by atoms with Crippen molar-refractivity contribution in [3.8, 4) is 0 Å². The van der Waals surface area contributed by atoms with E-state index in [1.165, 1.54) is 11.3 Å². The second kappa shape index (κ2) is 6.18. The van der Waals surface area contributed by atoms with E-state index in [-0.39, 0.29) is 11.3 Å². The Morgan fingerprint density at radius 1 is 1.30 bits per heavy atom. The Balaban J connectivity index is 1.99. The van der Waals surface area contributed by atoms with Crippen LogP contribution in [0.4, 0.5) is 5.13 Å². The van der Waals surface area contributed by atoms with Gasteiger partial charge < -0.3 is 5.32 Å². The van der Waals surface area contributed by atoms with Crippen molar-refractivity contribution in [1.82, 2.24) is 4.98 Å². The standard InChI is InChI=1S/C16H20N2OS/c1-4-16(2,3)13-11-20-15(17-13)18-14(19)10-12-8-6-5-7-9-12/h5-9,11H,4,10H2,1-3H3,(H,17,18,19). The van der Waals surface area contributed by atoms with E-state index in [9.17, 15) is 4.79 Å². The third-order valence-electron chi connectivity index (χ3n) is 3.54. The molecule has 3 nitrogen and oxygen atoms in total. The fourth-order valence-corrected chi connectivity index (χ4v) is 2.69. The van der Waals surface area contributed by atoms with Crippen molar-refractivity contribution in [1.29, 1.82) is 0 Å². The van der Waals surface area contributed by atoms with Crippen molar-refractivity contribution in [2.75, 3.05) is 5.32 Å². The molecule has 0 aliphatic heterocycles. The largest absolute Gasteiger partial charge is 0.302 e. The minimum Gasteiger partial charge on any atom is -0.302 e. The molecule has 2 rings (SSSR count). The summed E-state index contributed by atoms with van der Waals surface area (Å²) >= 11 is 1.49. The minimum atomic E-state index is -0.0218. The highest BCUT2D eigenvalue weighted by Crippen LogP contribution is 2.29. The summed E-state index contributed by atoms with van der Waals surface area (Å²) in [5.41, 5.74) is 2.11. The lowest BCUT2D eigenvalue weighted by Crippen LogP contribution is -2.17. The van der Waals surface area contributed by atoms with Crippen LogP contribution in [0.2, 0.25) is 0 Å². The number of nitrogens with zero attached hydrogens (tertiary/aromatic N) is 1. The minimum absolute atomic E-state index is 0.0218. The van der Waals surface area contributed by atoms with Crippen LogP contribution in [0.15, 0.2) is 35.7 Å². The lowest BCUT2D eigenvalue weighted by molar-refractivity contribution is -0.115. The Bertz CT molecular complexity index is 575. The number of benzene rings is 1. The summed E-state index contributed by atoms with van der Waals surface area (Å²) in [6, 6.07) is 9.73. The summed E-state index contributed by atoms with van der Waals surface area (Å²) in [5, 5.41) is 5.59. The van der Waals surface area contributed by atoms with Crippen molar-refractivity contribution >= 4 is 22.4 Å². The Labute approximate surface area is 124 Å². The molecule has 0 spiro atoms. The summed E-state index contributed by atoms with van der Waals surface area (Å²) in [6.07, 6.45) is 1.40. The summed E-state index contributed by atoms with van der Waals surface area (Å²) in [4.78, 5) is 16.5. The molecule has 2 aromatic rings. The van der Waals surface area contributed by atoms with E-state index in [2.05, 4.69) is 31.1 Å². The highest BCUT2D eigenvalue weighted by atomic mass is 32.1. The van der Waals surface area contributed by atoms with E-state index in [4.69, 9.17) is 0 Å². The monoisotopic (exact) mass is 288 g/mol. The maximum Gasteiger partial charge on any atom is 0.230 e. The van der Waals surface area contributed by atoms with Gasteiger partial charge in [-0.2, -0.15) is 0 Å². The van der Waals surface area contributed by atoms with Crippen molar-refractivity contribution in [3.05, 3.63) is 47.0 Å². The SMILES string of the molecule is CCC(C)(C)c1csc(NC(=O)Cc2ccccc2)n1. The van der Waals surface area contributed by atoms with Gasteiger partial charge >= 0.3 is 0 Å². The van der Waals surface area contributed by atoms with E-state index in [0.717, 1.165) is 17.7 Å². The van der Waals surface area contributed by atoms with Crippen LogP contribution in [-0.2, 0) is 16.6 Å². The van der Waals surface area contributed by atoms with Crippen LogP contribution >= 0.6 is 11.3 Å². The molecule has 4 heteroatoms. The van der Waals surface area contributed by atoms with Gasteiger partial charge in [0.25, 0.3) is 0 Å². The molecule has 0 atom stereocenters. The first kappa shape index (κ1) is 14.7. The molecule has 0 aliphatic carbocycles. The van der Waals surface area contributed by atoms with Gasteiger partial charge in [0, 0.05) is 10.8 Å². The Kier molecular flexibility index (Phi) is 4.55. The third kappa shape index (κ3) is 3.67.